The van der Waals surface area contributed by atoms with Crippen LogP contribution in [0.4, 0.5) is 14.6 Å². The summed E-state index contributed by atoms with van der Waals surface area (Å²) in [5, 5.41) is 14.8. The third-order valence-corrected chi connectivity index (χ3v) is 4.60. The van der Waals surface area contributed by atoms with Crippen LogP contribution in [-0.4, -0.2) is 48.5 Å². The number of hydrogen-bond acceptors (Lipinski definition) is 6. The number of anilines is 1. The summed E-state index contributed by atoms with van der Waals surface area (Å²) in [6, 6.07) is 9.62. The Morgan fingerprint density at radius 2 is 2.00 bits per heavy atom. The van der Waals surface area contributed by atoms with E-state index in [4.69, 9.17) is 0 Å². The number of halogens is 2. The lowest BCUT2D eigenvalue weighted by molar-refractivity contribution is 0.0566. The molecule has 1 fully saturated rings. The molecule has 142 valence electrons. The second-order valence-corrected chi connectivity index (χ2v) is 6.53. The van der Waals surface area contributed by atoms with E-state index in [1.807, 2.05) is 18.2 Å². The zero-order valence-electron chi connectivity index (χ0n) is 14.6. The topological polar surface area (TPSA) is 85.0 Å². The Kier molecular flexibility index (Phi) is 3.97. The van der Waals surface area contributed by atoms with Crippen molar-refractivity contribution < 1.29 is 8.78 Å². The van der Waals surface area contributed by atoms with Gasteiger partial charge in [0.25, 0.3) is 0 Å². The van der Waals surface area contributed by atoms with Crippen molar-refractivity contribution in [3.8, 4) is 22.6 Å². The lowest BCUT2D eigenvalue weighted by Crippen LogP contribution is -2.51. The van der Waals surface area contributed by atoms with Crippen molar-refractivity contribution in [2.24, 2.45) is 0 Å². The lowest BCUT2D eigenvalue weighted by Gasteiger charge is -2.28. The minimum Gasteiger partial charge on any atom is -0.365 e. The minimum atomic E-state index is -2.69. The summed E-state index contributed by atoms with van der Waals surface area (Å²) in [7, 11) is 0. The molecule has 0 unspecified atom stereocenters. The SMILES string of the molecule is FC(F)n1cc(-c2ccc3ncc(-c4cccc(NC5CNC5)n4)n3n2)cn1. The molecule has 0 saturated carbocycles. The quantitative estimate of drug-likeness (QED) is 0.552. The van der Waals surface area contributed by atoms with Crippen molar-refractivity contribution in [3.05, 3.63) is 48.9 Å². The summed E-state index contributed by atoms with van der Waals surface area (Å²) in [5.41, 5.74) is 3.10. The first-order chi connectivity index (χ1) is 13.7. The molecule has 10 heteroatoms. The van der Waals surface area contributed by atoms with E-state index in [0.29, 0.717) is 33.3 Å². The van der Waals surface area contributed by atoms with Crippen LogP contribution in [0, 0.1) is 0 Å². The standard InChI is InChI=1S/C18H16F2N8/c19-18(20)27-10-11(6-23-27)13-4-5-17-22-9-15(28(17)26-13)14-2-1-3-16(25-14)24-12-7-21-8-12/h1-6,9-10,12,18,21H,7-8H2,(H,24,25). The van der Waals surface area contributed by atoms with Gasteiger partial charge in [-0.3, -0.25) is 0 Å². The molecule has 2 N–H and O–H groups in total. The van der Waals surface area contributed by atoms with E-state index >= 15 is 0 Å². The Balaban J connectivity index is 1.52. The van der Waals surface area contributed by atoms with E-state index in [0.717, 1.165) is 24.6 Å². The van der Waals surface area contributed by atoms with Gasteiger partial charge >= 0.3 is 6.55 Å². The monoisotopic (exact) mass is 382 g/mol. The smallest absolute Gasteiger partial charge is 0.333 e. The van der Waals surface area contributed by atoms with Crippen LogP contribution in [0.3, 0.4) is 0 Å². The largest absolute Gasteiger partial charge is 0.365 e. The van der Waals surface area contributed by atoms with Crippen LogP contribution in [0.1, 0.15) is 6.55 Å². The van der Waals surface area contributed by atoms with Gasteiger partial charge in [-0.15, -0.1) is 0 Å². The van der Waals surface area contributed by atoms with Crippen LogP contribution in [-0.2, 0) is 0 Å². The first-order valence-corrected chi connectivity index (χ1v) is 8.79. The van der Waals surface area contributed by atoms with Crippen LogP contribution in [0.2, 0.25) is 0 Å². The van der Waals surface area contributed by atoms with Gasteiger partial charge in [0.05, 0.1) is 29.8 Å². The zero-order chi connectivity index (χ0) is 19.1. The van der Waals surface area contributed by atoms with Gasteiger partial charge < -0.3 is 10.6 Å². The number of alkyl halides is 2. The van der Waals surface area contributed by atoms with Gasteiger partial charge in [-0.25, -0.2) is 19.2 Å². The van der Waals surface area contributed by atoms with Crippen LogP contribution in [0.25, 0.3) is 28.3 Å². The fraction of sp³-hybridized carbons (Fsp3) is 0.222. The van der Waals surface area contributed by atoms with Crippen molar-refractivity contribution in [3.63, 3.8) is 0 Å². The van der Waals surface area contributed by atoms with Gasteiger partial charge in [0, 0.05) is 24.8 Å². The van der Waals surface area contributed by atoms with Crippen molar-refractivity contribution >= 4 is 11.5 Å². The Morgan fingerprint density at radius 1 is 1.11 bits per heavy atom. The number of nitrogens with one attached hydrogen (secondary N) is 2. The third kappa shape index (κ3) is 2.97. The van der Waals surface area contributed by atoms with Crippen molar-refractivity contribution in [1.29, 1.82) is 0 Å². The highest BCUT2D eigenvalue weighted by Gasteiger charge is 2.17. The molecule has 28 heavy (non-hydrogen) atoms. The van der Waals surface area contributed by atoms with Crippen LogP contribution in [0.15, 0.2) is 48.9 Å². The Hall–Kier alpha value is -3.40. The summed E-state index contributed by atoms with van der Waals surface area (Å²) in [6.45, 7) is -0.858. The number of fused-ring (bicyclic) bond motifs is 1. The second kappa shape index (κ2) is 6.64. The average Bonchev–Trinajstić information content (AvgIpc) is 3.32. The summed E-state index contributed by atoms with van der Waals surface area (Å²) in [6.07, 6.45) is 4.34. The number of pyridine rings is 1. The van der Waals surface area contributed by atoms with Gasteiger partial charge in [0.15, 0.2) is 5.65 Å². The minimum absolute atomic E-state index is 0.376. The second-order valence-electron chi connectivity index (χ2n) is 6.53. The van der Waals surface area contributed by atoms with Crippen LogP contribution < -0.4 is 10.6 Å². The first-order valence-electron chi connectivity index (χ1n) is 8.79. The molecule has 4 aromatic heterocycles. The van der Waals surface area contributed by atoms with Gasteiger partial charge in [-0.2, -0.15) is 19.0 Å². The highest BCUT2D eigenvalue weighted by Crippen LogP contribution is 2.23. The van der Waals surface area contributed by atoms with Crippen LogP contribution in [0.5, 0.6) is 0 Å². The van der Waals surface area contributed by atoms with E-state index < -0.39 is 6.55 Å². The molecular weight excluding hydrogens is 366 g/mol. The third-order valence-electron chi connectivity index (χ3n) is 4.60. The molecule has 5 heterocycles. The van der Waals surface area contributed by atoms with Gasteiger partial charge in [-0.05, 0) is 24.3 Å². The van der Waals surface area contributed by atoms with Gasteiger partial charge in [-0.1, -0.05) is 6.07 Å². The average molecular weight is 382 g/mol. The van der Waals surface area contributed by atoms with E-state index in [1.54, 1.807) is 22.8 Å². The highest BCUT2D eigenvalue weighted by atomic mass is 19.3. The summed E-state index contributed by atoms with van der Waals surface area (Å²) >= 11 is 0. The predicted molar refractivity (Wildman–Crippen MR) is 99.0 cm³/mol. The van der Waals surface area contributed by atoms with E-state index in [-0.39, 0.29) is 0 Å². The molecule has 1 aliphatic heterocycles. The summed E-state index contributed by atoms with van der Waals surface area (Å²) in [5.74, 6) is 0.785. The van der Waals surface area contributed by atoms with Crippen molar-refractivity contribution in [2.75, 3.05) is 18.4 Å². The molecule has 1 saturated heterocycles. The summed E-state index contributed by atoms with van der Waals surface area (Å²) in [4.78, 5) is 9.03. The molecule has 8 nitrogen and oxygen atoms in total. The molecule has 0 atom stereocenters. The van der Waals surface area contributed by atoms with E-state index in [1.165, 1.54) is 12.4 Å². The Bertz CT molecular complexity index is 1130. The number of aromatic nitrogens is 6. The number of rotatable bonds is 5. The molecule has 5 rings (SSSR count). The molecule has 0 aliphatic carbocycles. The number of hydrogen-bond donors (Lipinski definition) is 2. The molecule has 0 aromatic carbocycles. The Morgan fingerprint density at radius 3 is 2.75 bits per heavy atom. The molecule has 0 radical (unpaired) electrons. The molecule has 4 aromatic rings. The molecule has 0 spiro atoms. The normalized spacial score (nSPS) is 14.5. The first kappa shape index (κ1) is 16.8. The number of nitrogens with zero attached hydrogens (tertiary/aromatic N) is 6. The van der Waals surface area contributed by atoms with E-state index in [9.17, 15) is 8.78 Å². The molecular formula is C18H16F2N8. The van der Waals surface area contributed by atoms with Crippen molar-refractivity contribution in [1.82, 2.24) is 34.7 Å². The van der Waals surface area contributed by atoms with Crippen LogP contribution >= 0.6 is 0 Å². The fourth-order valence-corrected chi connectivity index (χ4v) is 3.04. The Labute approximate surface area is 158 Å². The maximum Gasteiger partial charge on any atom is 0.333 e. The summed E-state index contributed by atoms with van der Waals surface area (Å²) < 4.78 is 27.8. The van der Waals surface area contributed by atoms with Crippen molar-refractivity contribution in [2.45, 2.75) is 12.6 Å². The van der Waals surface area contributed by atoms with Gasteiger partial charge in [0.2, 0.25) is 0 Å². The van der Waals surface area contributed by atoms with Gasteiger partial charge in [0.1, 0.15) is 11.5 Å². The zero-order valence-corrected chi connectivity index (χ0v) is 14.6. The number of imidazole rings is 1. The molecule has 0 amide bonds. The maximum atomic E-state index is 12.8. The van der Waals surface area contributed by atoms with E-state index in [2.05, 4.69) is 30.8 Å². The molecule has 1 aliphatic rings. The lowest BCUT2D eigenvalue weighted by atomic mass is 10.2. The highest BCUT2D eigenvalue weighted by molar-refractivity contribution is 5.64. The maximum absolute atomic E-state index is 12.8. The molecule has 0 bridgehead atoms. The predicted octanol–water partition coefficient (Wildman–Crippen LogP) is 2.43. The fourth-order valence-electron chi connectivity index (χ4n) is 3.04.